The summed E-state index contributed by atoms with van der Waals surface area (Å²) in [6.45, 7) is 3.76. The summed E-state index contributed by atoms with van der Waals surface area (Å²) < 4.78 is 10.1. The van der Waals surface area contributed by atoms with Crippen LogP contribution >= 0.6 is 47.3 Å². The molecule has 3 nitrogen and oxygen atoms in total. The Hall–Kier alpha value is -0.00506. The van der Waals surface area contributed by atoms with Crippen molar-refractivity contribution in [1.29, 1.82) is 0 Å². The van der Waals surface area contributed by atoms with E-state index in [1.165, 1.54) is 7.11 Å². The Morgan fingerprint density at radius 3 is 1.95 bits per heavy atom. The molecule has 0 unspecified atom stereocenters. The molecule has 0 radical (unpaired) electrons. The lowest BCUT2D eigenvalue weighted by atomic mass is 9.86. The van der Waals surface area contributed by atoms with Crippen LogP contribution in [-0.4, -0.2) is 23.4 Å². The fraction of sp³-hybridized carbons (Fsp3) is 0.462. The first kappa shape index (κ1) is 20.0. The van der Waals surface area contributed by atoms with E-state index in [1.54, 1.807) is 7.11 Å². The van der Waals surface area contributed by atoms with Crippen molar-refractivity contribution in [3.63, 3.8) is 0 Å². The molecule has 0 N–H and O–H groups in total. The Morgan fingerprint density at radius 1 is 1.15 bits per heavy atom. The van der Waals surface area contributed by atoms with Crippen LogP contribution in [0.2, 0.25) is 0 Å². The van der Waals surface area contributed by atoms with Crippen LogP contribution in [0.5, 0.6) is 5.75 Å². The zero-order valence-corrected chi connectivity index (χ0v) is 16.7. The highest BCUT2D eigenvalue weighted by Crippen LogP contribution is 2.24. The first-order chi connectivity index (χ1) is 9.22. The molecule has 0 spiro atoms. The van der Waals surface area contributed by atoms with Gasteiger partial charge in [0.05, 0.1) is 19.6 Å². The van der Waals surface area contributed by atoms with Gasteiger partial charge in [0, 0.05) is 0 Å². The fourth-order valence-electron chi connectivity index (χ4n) is 1.60. The Bertz CT molecular complexity index is 405. The standard InChI is InChI=1S/C13H18O3.BBr3/c1-13(2,12(14)16-4)9-10-5-7-11(15-3)8-6-10;2-1(3)4/h5-8H,9H2,1-4H3;. The topological polar surface area (TPSA) is 35.5 Å². The molecule has 0 fully saturated rings. The van der Waals surface area contributed by atoms with Crippen molar-refractivity contribution >= 4 is 56.4 Å². The van der Waals surface area contributed by atoms with Gasteiger partial charge in [0.15, 0.2) is 0 Å². The van der Waals surface area contributed by atoms with E-state index in [2.05, 4.69) is 47.3 Å². The second-order valence-corrected chi connectivity index (χ2v) is 11.1. The third-order valence-corrected chi connectivity index (χ3v) is 2.54. The number of hydrogen-bond donors (Lipinski definition) is 0. The highest BCUT2D eigenvalue weighted by atomic mass is 79.9. The molecule has 1 aromatic carbocycles. The summed E-state index contributed by atoms with van der Waals surface area (Å²) in [6.07, 6.45) is 0.656. The van der Waals surface area contributed by atoms with Gasteiger partial charge in [-0.25, -0.2) is 0 Å². The molecule has 0 saturated carbocycles. The van der Waals surface area contributed by atoms with Gasteiger partial charge in [-0.15, -0.1) is 47.3 Å². The highest BCUT2D eigenvalue weighted by molar-refractivity contribution is 9.69. The number of carbonyl (C=O) groups is 1. The zero-order valence-electron chi connectivity index (χ0n) is 12.0. The van der Waals surface area contributed by atoms with Crippen LogP contribution in [0.4, 0.5) is 0 Å². The number of methoxy groups -OCH3 is 2. The number of hydrogen-bond acceptors (Lipinski definition) is 3. The summed E-state index contributed by atoms with van der Waals surface area (Å²) in [4.78, 5) is 11.5. The maximum atomic E-state index is 11.5. The first-order valence-electron chi connectivity index (χ1n) is 5.86. The van der Waals surface area contributed by atoms with Crippen molar-refractivity contribution < 1.29 is 14.3 Å². The van der Waals surface area contributed by atoms with Crippen LogP contribution in [0.1, 0.15) is 19.4 Å². The lowest BCUT2D eigenvalue weighted by Crippen LogP contribution is -2.27. The fourth-order valence-corrected chi connectivity index (χ4v) is 1.60. The van der Waals surface area contributed by atoms with E-state index in [9.17, 15) is 4.79 Å². The molecule has 0 aliphatic rings. The van der Waals surface area contributed by atoms with E-state index < -0.39 is 5.41 Å². The summed E-state index contributed by atoms with van der Waals surface area (Å²) in [6, 6.07) is 7.71. The van der Waals surface area contributed by atoms with Crippen LogP contribution in [0, 0.1) is 5.41 Å². The van der Waals surface area contributed by atoms with E-state index in [0.29, 0.717) is 6.42 Å². The van der Waals surface area contributed by atoms with Crippen LogP contribution in [0.15, 0.2) is 24.3 Å². The Kier molecular flexibility index (Phi) is 9.84. The molecule has 112 valence electrons. The number of ether oxygens (including phenoxy) is 2. The molecule has 7 heteroatoms. The van der Waals surface area contributed by atoms with E-state index in [1.807, 2.05) is 38.1 Å². The molecule has 0 aliphatic carbocycles. The molecular weight excluding hydrogens is 455 g/mol. The zero-order chi connectivity index (χ0) is 15.8. The van der Waals surface area contributed by atoms with Gasteiger partial charge in [-0.2, -0.15) is 0 Å². The highest BCUT2D eigenvalue weighted by Gasteiger charge is 2.28. The SMILES string of the molecule is BrB(Br)Br.COC(=O)C(C)(C)Cc1ccc(OC)cc1. The monoisotopic (exact) mass is 470 g/mol. The third-order valence-electron chi connectivity index (χ3n) is 2.54. The average molecular weight is 473 g/mol. The molecule has 0 atom stereocenters. The van der Waals surface area contributed by atoms with Gasteiger partial charge in [0.1, 0.15) is 5.75 Å². The molecule has 0 bridgehead atoms. The summed E-state index contributed by atoms with van der Waals surface area (Å²) in [5.41, 5.74) is 0.597. The van der Waals surface area contributed by atoms with E-state index in [0.717, 1.165) is 11.3 Å². The van der Waals surface area contributed by atoms with Gasteiger partial charge in [-0.05, 0) is 38.0 Å². The molecule has 20 heavy (non-hydrogen) atoms. The predicted molar refractivity (Wildman–Crippen MR) is 95.0 cm³/mol. The van der Waals surface area contributed by atoms with Crippen LogP contribution in [0.25, 0.3) is 0 Å². The van der Waals surface area contributed by atoms with Crippen molar-refractivity contribution in [1.82, 2.24) is 0 Å². The Balaban J connectivity index is 0.000000796. The van der Waals surface area contributed by atoms with Gasteiger partial charge in [0.25, 0.3) is 0 Å². The minimum Gasteiger partial charge on any atom is -0.497 e. The van der Waals surface area contributed by atoms with E-state index in [4.69, 9.17) is 9.47 Å². The summed E-state index contributed by atoms with van der Waals surface area (Å²) >= 11 is 9.31. The summed E-state index contributed by atoms with van der Waals surface area (Å²) in [5.74, 6) is 0.628. The molecular formula is C13H18BBr3O3. The quantitative estimate of drug-likeness (QED) is 0.475. The van der Waals surface area contributed by atoms with Gasteiger partial charge in [0.2, 0.25) is 0 Å². The maximum Gasteiger partial charge on any atom is 0.369 e. The van der Waals surface area contributed by atoms with Crippen LogP contribution in [0.3, 0.4) is 0 Å². The van der Waals surface area contributed by atoms with E-state index in [-0.39, 0.29) is 9.15 Å². The van der Waals surface area contributed by atoms with Crippen molar-refractivity contribution in [2.24, 2.45) is 5.41 Å². The third kappa shape index (κ3) is 8.32. The lowest BCUT2D eigenvalue weighted by Gasteiger charge is -2.21. The maximum absolute atomic E-state index is 11.5. The number of benzene rings is 1. The predicted octanol–water partition coefficient (Wildman–Crippen LogP) is 4.59. The van der Waals surface area contributed by atoms with Crippen LogP contribution < -0.4 is 4.74 Å². The number of halogens is 3. The molecule has 0 heterocycles. The lowest BCUT2D eigenvalue weighted by molar-refractivity contribution is -0.150. The smallest absolute Gasteiger partial charge is 0.369 e. The van der Waals surface area contributed by atoms with Crippen molar-refractivity contribution in [3.05, 3.63) is 29.8 Å². The van der Waals surface area contributed by atoms with Gasteiger partial charge in [-0.3, -0.25) is 4.79 Å². The molecule has 0 aliphatic heterocycles. The second-order valence-electron chi connectivity index (χ2n) is 4.65. The number of carbonyl (C=O) groups excluding carboxylic acids is 1. The average Bonchev–Trinajstić information content (AvgIpc) is 2.37. The summed E-state index contributed by atoms with van der Waals surface area (Å²) in [5, 5.41) is 0. The normalized spacial score (nSPS) is 10.2. The van der Waals surface area contributed by atoms with Gasteiger partial charge >= 0.3 is 9.15 Å². The minimum absolute atomic E-state index is 0.191. The Morgan fingerprint density at radius 2 is 1.60 bits per heavy atom. The molecule has 1 rings (SSSR count). The molecule has 0 aromatic heterocycles. The van der Waals surface area contributed by atoms with Crippen molar-refractivity contribution in [3.8, 4) is 5.75 Å². The second kappa shape index (κ2) is 9.85. The molecule has 0 amide bonds. The van der Waals surface area contributed by atoms with Crippen LogP contribution in [-0.2, 0) is 16.0 Å². The van der Waals surface area contributed by atoms with Gasteiger partial charge < -0.3 is 9.47 Å². The minimum atomic E-state index is -0.497. The largest absolute Gasteiger partial charge is 0.497 e. The summed E-state index contributed by atoms with van der Waals surface area (Å²) in [7, 11) is 3.05. The first-order valence-corrected chi connectivity index (χ1v) is 8.61. The van der Waals surface area contributed by atoms with Gasteiger partial charge in [-0.1, -0.05) is 12.1 Å². The van der Waals surface area contributed by atoms with Crippen molar-refractivity contribution in [2.45, 2.75) is 20.3 Å². The number of esters is 1. The van der Waals surface area contributed by atoms with Crippen molar-refractivity contribution in [2.75, 3.05) is 14.2 Å². The molecule has 1 aromatic rings. The van der Waals surface area contributed by atoms with E-state index >= 15 is 0 Å². The number of rotatable bonds is 4. The molecule has 0 saturated heterocycles. The Labute approximate surface area is 145 Å².